The molecule has 0 bridgehead atoms. The number of amides is 2. The number of fused-ring (bicyclic) bond motifs is 3. The summed E-state index contributed by atoms with van der Waals surface area (Å²) in [5, 5.41) is 82.0. The van der Waals surface area contributed by atoms with Crippen molar-refractivity contribution < 1.29 is 30.0 Å². The molecule has 0 radical (unpaired) electrons. The Morgan fingerprint density at radius 1 is 0.822 bits per heavy atom. The SMILES string of the molecule is C=c1c(-c2c(O)cccc2O)nn2c(C(CC)C(C)O)nnc12.C=c1c(C)nn2c(C(C)(C)CO)nnc12.CCC(C)CN(CC(C)CC)C(=O)C(NC(=O)C1=Nn2c(nnc2-c2ccc(Cl)cc2)C1)C(C)C. The third-order valence-corrected chi connectivity index (χ3v) is 13.5. The lowest BCUT2D eigenvalue weighted by Crippen LogP contribution is -2.54. The van der Waals surface area contributed by atoms with E-state index in [1.807, 2.05) is 58.6 Å². The molecule has 5 atom stereocenters. The van der Waals surface area contributed by atoms with E-state index >= 15 is 0 Å². The molecule has 5 aromatic heterocycles. The molecule has 2 aromatic carbocycles. The lowest BCUT2D eigenvalue weighted by molar-refractivity contribution is -0.137. The highest BCUT2D eigenvalue weighted by molar-refractivity contribution is 6.40. The number of aliphatic hydroxyl groups excluding tert-OH is 2. The normalized spacial score (nSPS) is 14.4. The summed E-state index contributed by atoms with van der Waals surface area (Å²) in [6.45, 7) is 31.0. The molecular weight excluding hydrogens is 952 g/mol. The number of carbonyl (C=O) groups is 2. The van der Waals surface area contributed by atoms with Gasteiger partial charge in [0.25, 0.3) is 5.91 Å². The van der Waals surface area contributed by atoms with Gasteiger partial charge in [0.05, 0.1) is 30.4 Å². The zero-order chi connectivity index (χ0) is 53.6. The van der Waals surface area contributed by atoms with Crippen LogP contribution in [0.5, 0.6) is 11.5 Å². The van der Waals surface area contributed by atoms with Crippen molar-refractivity contribution in [2.24, 2.45) is 22.9 Å². The molecule has 0 saturated heterocycles. The standard InChI is InChI=1S/C26H37ClN6O2.C16H18N4O3.C10H14N4O/c1-7-17(5)14-32(15-18(6)8-2)26(35)23(16(3)4)28-25(34)21-13-22-29-30-24(33(22)31-21)19-9-11-20(27)12-10-19;1-4-10(9(3)21)16-18-17-15-8(2)14(19-20(15)16)13-11(22)6-5-7-12(13)23;1-6-7(2)13-14-8(6)11-12-9(14)10(3,4)5-15/h9-12,16-18,23H,7-8,13-15H2,1-6H3,(H,28,34);5-7,9-10,21-23H,2,4H2,1,3H3;15H,1,5H2,2-4H3. The number of phenolic OH excluding ortho intramolecular Hbond substituents is 2. The number of hydrogen-bond donors (Lipinski definition) is 5. The summed E-state index contributed by atoms with van der Waals surface area (Å²) in [4.78, 5) is 28.7. The van der Waals surface area contributed by atoms with Crippen LogP contribution in [-0.2, 0) is 21.4 Å². The summed E-state index contributed by atoms with van der Waals surface area (Å²) in [7, 11) is 0. The molecule has 6 heterocycles. The minimum absolute atomic E-state index is 0.00613. The zero-order valence-corrected chi connectivity index (χ0v) is 44.4. The van der Waals surface area contributed by atoms with E-state index in [4.69, 9.17) is 11.6 Å². The predicted molar refractivity (Wildman–Crippen MR) is 281 cm³/mol. The van der Waals surface area contributed by atoms with E-state index in [0.717, 1.165) is 29.3 Å². The van der Waals surface area contributed by atoms with Gasteiger partial charge in [-0.15, -0.1) is 30.6 Å². The highest BCUT2D eigenvalue weighted by Gasteiger charge is 2.34. The van der Waals surface area contributed by atoms with Crippen LogP contribution in [0, 0.1) is 24.7 Å². The smallest absolute Gasteiger partial charge is 0.268 e. The number of aromatic nitrogens is 11. The highest BCUT2D eigenvalue weighted by atomic mass is 35.5. The molecule has 20 nitrogen and oxygen atoms in total. The van der Waals surface area contributed by atoms with Crippen molar-refractivity contribution in [1.29, 1.82) is 0 Å². The van der Waals surface area contributed by atoms with E-state index in [-0.39, 0.29) is 53.7 Å². The van der Waals surface area contributed by atoms with E-state index in [1.54, 1.807) is 34.3 Å². The number of carbonyl (C=O) groups excluding carboxylic acids is 2. The summed E-state index contributed by atoms with van der Waals surface area (Å²) in [6.07, 6.45) is 2.33. The van der Waals surface area contributed by atoms with E-state index in [0.29, 0.717) is 87.6 Å². The van der Waals surface area contributed by atoms with Crippen molar-refractivity contribution in [1.82, 2.24) is 64.7 Å². The quantitative estimate of drug-likeness (QED) is 0.0760. The van der Waals surface area contributed by atoms with E-state index in [1.165, 1.54) is 16.6 Å². The Bertz CT molecular complexity index is 3130. The highest BCUT2D eigenvalue weighted by Crippen LogP contribution is 2.35. The number of aromatic hydroxyl groups is 2. The third kappa shape index (κ3) is 12.0. The van der Waals surface area contributed by atoms with Gasteiger partial charge in [-0.2, -0.15) is 29.0 Å². The van der Waals surface area contributed by atoms with Gasteiger partial charge in [-0.05, 0) is 74.4 Å². The number of aryl methyl sites for hydroxylation is 1. The van der Waals surface area contributed by atoms with E-state index in [2.05, 4.69) is 92.1 Å². The number of halogens is 1. The van der Waals surface area contributed by atoms with Crippen molar-refractivity contribution in [2.75, 3.05) is 19.7 Å². The molecule has 73 heavy (non-hydrogen) atoms. The molecule has 2 amide bonds. The molecule has 7 aromatic rings. The number of aliphatic hydroxyl groups is 2. The van der Waals surface area contributed by atoms with Crippen LogP contribution in [-0.4, -0.2) is 129 Å². The first-order valence-corrected chi connectivity index (χ1v) is 25.1. The number of benzene rings is 2. The van der Waals surface area contributed by atoms with Gasteiger partial charge in [0.1, 0.15) is 28.9 Å². The molecule has 0 saturated carbocycles. The van der Waals surface area contributed by atoms with Crippen LogP contribution in [0.25, 0.3) is 47.1 Å². The Labute approximate surface area is 429 Å². The number of hydrogen-bond acceptors (Lipinski definition) is 15. The van der Waals surface area contributed by atoms with Crippen LogP contribution < -0.4 is 15.8 Å². The van der Waals surface area contributed by atoms with E-state index < -0.39 is 17.6 Å². The van der Waals surface area contributed by atoms with Crippen LogP contribution in [0.4, 0.5) is 0 Å². The molecule has 1 aliphatic heterocycles. The molecule has 5 unspecified atom stereocenters. The molecule has 5 N–H and O–H groups in total. The fraction of sp³-hybridized carbons (Fsp3) is 0.481. The van der Waals surface area contributed by atoms with Crippen LogP contribution in [0.2, 0.25) is 5.02 Å². The fourth-order valence-electron chi connectivity index (χ4n) is 8.15. The summed E-state index contributed by atoms with van der Waals surface area (Å²) in [6, 6.07) is 11.1. The van der Waals surface area contributed by atoms with Gasteiger partial charge >= 0.3 is 0 Å². The fourth-order valence-corrected chi connectivity index (χ4v) is 8.28. The first-order chi connectivity index (χ1) is 34.6. The van der Waals surface area contributed by atoms with Crippen molar-refractivity contribution in [3.63, 3.8) is 0 Å². The Balaban J connectivity index is 0.000000195. The molecule has 0 aliphatic carbocycles. The second-order valence-corrected chi connectivity index (χ2v) is 20.3. The predicted octanol–water partition coefficient (Wildman–Crippen LogP) is 5.46. The minimum Gasteiger partial charge on any atom is -0.507 e. The van der Waals surface area contributed by atoms with Crippen LogP contribution in [0.15, 0.2) is 47.6 Å². The van der Waals surface area contributed by atoms with Gasteiger partial charge in [-0.25, -0.2) is 0 Å². The zero-order valence-electron chi connectivity index (χ0n) is 43.7. The van der Waals surface area contributed by atoms with Crippen molar-refractivity contribution in [3.8, 4) is 34.1 Å². The van der Waals surface area contributed by atoms with Gasteiger partial charge in [0.15, 0.2) is 34.6 Å². The molecule has 21 heteroatoms. The first-order valence-electron chi connectivity index (χ1n) is 24.7. The second kappa shape index (κ2) is 23.3. The van der Waals surface area contributed by atoms with E-state index in [9.17, 15) is 30.0 Å². The van der Waals surface area contributed by atoms with Gasteiger partial charge in [0, 0.05) is 45.4 Å². The Morgan fingerprint density at radius 2 is 1.42 bits per heavy atom. The van der Waals surface area contributed by atoms with Crippen LogP contribution in [0.3, 0.4) is 0 Å². The lowest BCUT2D eigenvalue weighted by atomic mass is 9.94. The number of nitrogens with zero attached hydrogens (tertiary/aromatic N) is 13. The largest absolute Gasteiger partial charge is 0.507 e. The Morgan fingerprint density at radius 3 is 1.99 bits per heavy atom. The lowest BCUT2D eigenvalue weighted by Gasteiger charge is -2.33. The van der Waals surface area contributed by atoms with Crippen molar-refractivity contribution >= 4 is 53.6 Å². The monoisotopic (exact) mass is 1020 g/mol. The maximum absolute atomic E-state index is 13.6. The van der Waals surface area contributed by atoms with Crippen molar-refractivity contribution in [3.05, 3.63) is 81.1 Å². The number of rotatable bonds is 17. The topological polar surface area (TPSA) is 260 Å². The Kier molecular flexibility index (Phi) is 17.7. The third-order valence-electron chi connectivity index (χ3n) is 13.2. The Hall–Kier alpha value is -6.90. The number of nitrogens with one attached hydrogen (secondary N) is 1. The molecule has 0 fully saturated rings. The summed E-state index contributed by atoms with van der Waals surface area (Å²) in [5.41, 5.74) is 3.18. The molecular formula is C52H69ClN14O6. The van der Waals surface area contributed by atoms with Crippen LogP contribution >= 0.6 is 11.6 Å². The minimum atomic E-state index is -0.625. The van der Waals surface area contributed by atoms with Gasteiger partial charge in [0.2, 0.25) is 5.91 Å². The van der Waals surface area contributed by atoms with Crippen molar-refractivity contribution in [2.45, 2.75) is 125 Å². The molecule has 0 spiro atoms. The summed E-state index contributed by atoms with van der Waals surface area (Å²) >= 11 is 5.99. The van der Waals surface area contributed by atoms with Gasteiger partial charge in [-0.3, -0.25) is 9.59 Å². The summed E-state index contributed by atoms with van der Waals surface area (Å²) in [5.74, 6) is 2.26. The van der Waals surface area contributed by atoms with Gasteiger partial charge in [-0.1, -0.05) is 106 Å². The number of phenols is 2. The first kappa shape index (κ1) is 55.4. The average molecular weight is 1020 g/mol. The average Bonchev–Trinajstić information content (AvgIpc) is 4.22. The van der Waals surface area contributed by atoms with Crippen LogP contribution in [0.1, 0.15) is 118 Å². The summed E-state index contributed by atoms with van der Waals surface area (Å²) < 4.78 is 4.76. The van der Waals surface area contributed by atoms with Gasteiger partial charge < -0.3 is 30.6 Å². The second-order valence-electron chi connectivity index (χ2n) is 19.9. The molecule has 8 rings (SSSR count). The molecule has 1 aliphatic rings. The maximum atomic E-state index is 13.6. The maximum Gasteiger partial charge on any atom is 0.268 e. The molecule has 390 valence electrons.